The predicted octanol–water partition coefficient (Wildman–Crippen LogP) is 5.74. The van der Waals surface area contributed by atoms with Crippen LogP contribution in [0.4, 0.5) is 11.4 Å². The van der Waals surface area contributed by atoms with Crippen LogP contribution in [-0.2, 0) is 16.0 Å². The van der Waals surface area contributed by atoms with Crippen molar-refractivity contribution in [2.45, 2.75) is 39.2 Å². The third kappa shape index (κ3) is 5.66. The van der Waals surface area contributed by atoms with Gasteiger partial charge in [0.25, 0.3) is 0 Å². The second-order valence-corrected chi connectivity index (χ2v) is 11.8. The Bertz CT molecular complexity index is 1400. The van der Waals surface area contributed by atoms with Gasteiger partial charge in [-0.2, -0.15) is 0 Å². The number of amides is 1. The quantitative estimate of drug-likeness (QED) is 0.376. The summed E-state index contributed by atoms with van der Waals surface area (Å²) in [4.78, 5) is 30.6. The van der Waals surface area contributed by atoms with Crippen molar-refractivity contribution >= 4 is 34.4 Å². The molecule has 0 saturated carbocycles. The Morgan fingerprint density at radius 2 is 1.92 bits per heavy atom. The summed E-state index contributed by atoms with van der Waals surface area (Å²) in [6.07, 6.45) is 1.93. The van der Waals surface area contributed by atoms with E-state index in [-0.39, 0.29) is 23.7 Å². The van der Waals surface area contributed by atoms with Crippen LogP contribution in [0.5, 0.6) is 11.5 Å². The number of carbonyl (C=O) groups is 2. The number of fused-ring (bicyclic) bond motifs is 1. The van der Waals surface area contributed by atoms with Crippen LogP contribution in [0.1, 0.15) is 43.2 Å². The van der Waals surface area contributed by atoms with Crippen molar-refractivity contribution in [2.24, 2.45) is 5.41 Å². The summed E-state index contributed by atoms with van der Waals surface area (Å²) in [5.74, 6) is 1.23. The summed E-state index contributed by atoms with van der Waals surface area (Å²) in [7, 11) is 3.23. The van der Waals surface area contributed by atoms with E-state index in [1.165, 1.54) is 4.88 Å². The molecule has 0 saturated heterocycles. The standard InChI is InChI=1S/C31H35N3O4S/c1-31(2)17-24-29(26(35)18-31)30(22-12-11-20(37-3)16-27(22)38-4)34(25-10-6-5-9-23(25)33-24)19-28(36)32-14-13-21-8-7-15-39-21/h5-12,15-16,30,33H,13-14,17-19H2,1-4H3,(H,32,36). The van der Waals surface area contributed by atoms with Gasteiger partial charge in [-0.3, -0.25) is 9.59 Å². The molecule has 204 valence electrons. The fourth-order valence-corrected chi connectivity index (χ4v) is 6.29. The molecule has 0 bridgehead atoms. The minimum absolute atomic E-state index is 0.0764. The lowest BCUT2D eigenvalue weighted by molar-refractivity contribution is -0.120. The molecule has 1 unspecified atom stereocenters. The van der Waals surface area contributed by atoms with Crippen LogP contribution in [0, 0.1) is 5.41 Å². The lowest BCUT2D eigenvalue weighted by Gasteiger charge is -2.38. The van der Waals surface area contributed by atoms with Gasteiger partial charge in [0.15, 0.2) is 5.78 Å². The van der Waals surface area contributed by atoms with E-state index in [1.54, 1.807) is 25.6 Å². The van der Waals surface area contributed by atoms with Gasteiger partial charge in [0.05, 0.1) is 38.2 Å². The highest BCUT2D eigenvalue weighted by Crippen LogP contribution is 2.49. The highest BCUT2D eigenvalue weighted by Gasteiger charge is 2.42. The van der Waals surface area contributed by atoms with Crippen LogP contribution in [-0.4, -0.2) is 39.0 Å². The smallest absolute Gasteiger partial charge is 0.239 e. The number of ether oxygens (including phenoxy) is 2. The number of anilines is 2. The largest absolute Gasteiger partial charge is 0.497 e. The molecule has 3 aromatic rings. The molecule has 0 fully saturated rings. The van der Waals surface area contributed by atoms with E-state index in [4.69, 9.17) is 9.47 Å². The number of hydrogen-bond donors (Lipinski definition) is 2. The van der Waals surface area contributed by atoms with Crippen LogP contribution in [0.25, 0.3) is 0 Å². The number of Topliss-reactive ketones (excluding diaryl/α,β-unsaturated/α-hetero) is 1. The van der Waals surface area contributed by atoms with E-state index < -0.39 is 6.04 Å². The van der Waals surface area contributed by atoms with Crippen LogP contribution in [0.2, 0.25) is 0 Å². The van der Waals surface area contributed by atoms with Crippen molar-refractivity contribution in [3.05, 3.63) is 81.7 Å². The lowest BCUT2D eigenvalue weighted by Crippen LogP contribution is -2.42. The second kappa shape index (κ2) is 11.1. The van der Waals surface area contributed by atoms with E-state index in [0.717, 1.165) is 35.5 Å². The van der Waals surface area contributed by atoms with Gasteiger partial charge >= 0.3 is 0 Å². The highest BCUT2D eigenvalue weighted by molar-refractivity contribution is 7.09. The molecule has 2 N–H and O–H groups in total. The van der Waals surface area contributed by atoms with Gasteiger partial charge in [-0.05, 0) is 54.0 Å². The maximum absolute atomic E-state index is 13.9. The average Bonchev–Trinajstić information content (AvgIpc) is 3.38. The molecule has 0 radical (unpaired) electrons. The second-order valence-electron chi connectivity index (χ2n) is 10.8. The van der Waals surface area contributed by atoms with E-state index in [9.17, 15) is 9.59 Å². The fraction of sp³-hybridized carbons (Fsp3) is 0.355. The Balaban J connectivity index is 1.60. The zero-order valence-electron chi connectivity index (χ0n) is 22.9. The average molecular weight is 546 g/mol. The zero-order valence-corrected chi connectivity index (χ0v) is 23.7. The van der Waals surface area contributed by atoms with Crippen molar-refractivity contribution in [3.63, 3.8) is 0 Å². The Kier molecular flexibility index (Phi) is 7.66. The molecule has 2 aromatic carbocycles. The Morgan fingerprint density at radius 3 is 2.67 bits per heavy atom. The zero-order chi connectivity index (χ0) is 27.6. The van der Waals surface area contributed by atoms with Crippen LogP contribution < -0.4 is 25.0 Å². The number of ketones is 1. The van der Waals surface area contributed by atoms with Gasteiger partial charge in [0, 0.05) is 40.7 Å². The van der Waals surface area contributed by atoms with Gasteiger partial charge in [0.1, 0.15) is 11.5 Å². The molecule has 1 atom stereocenters. The van der Waals surface area contributed by atoms with E-state index >= 15 is 0 Å². The molecule has 1 amide bonds. The molecule has 1 aliphatic heterocycles. The Labute approximate surface area is 233 Å². The van der Waals surface area contributed by atoms with Gasteiger partial charge in [0.2, 0.25) is 5.91 Å². The number of hydrogen-bond acceptors (Lipinski definition) is 7. The number of para-hydroxylation sites is 2. The van der Waals surface area contributed by atoms with Gasteiger partial charge in [-0.25, -0.2) is 0 Å². The number of rotatable bonds is 8. The first kappa shape index (κ1) is 26.8. The van der Waals surface area contributed by atoms with Crippen molar-refractivity contribution in [1.29, 1.82) is 0 Å². The van der Waals surface area contributed by atoms with Gasteiger partial charge in [-0.15, -0.1) is 11.3 Å². The lowest BCUT2D eigenvalue weighted by atomic mass is 9.73. The predicted molar refractivity (Wildman–Crippen MR) is 156 cm³/mol. The minimum atomic E-state index is -0.524. The number of benzene rings is 2. The molecule has 8 heteroatoms. The van der Waals surface area contributed by atoms with Crippen LogP contribution in [0.15, 0.2) is 71.2 Å². The summed E-state index contributed by atoms with van der Waals surface area (Å²) in [5.41, 5.74) is 3.93. The molecule has 2 heterocycles. The van der Waals surface area contributed by atoms with Crippen LogP contribution in [0.3, 0.4) is 0 Å². The van der Waals surface area contributed by atoms with E-state index in [2.05, 4.69) is 30.5 Å². The SMILES string of the molecule is COc1ccc(C2C3=C(CC(C)(C)CC3=O)Nc3ccccc3N2CC(=O)NCCc2cccs2)c(OC)c1. The first-order valence-corrected chi connectivity index (χ1v) is 14.1. The summed E-state index contributed by atoms with van der Waals surface area (Å²) in [6.45, 7) is 4.87. The molecule has 39 heavy (non-hydrogen) atoms. The molecule has 2 aliphatic rings. The summed E-state index contributed by atoms with van der Waals surface area (Å²) in [6, 6.07) is 17.1. The Hall–Kier alpha value is -3.78. The number of nitrogens with one attached hydrogen (secondary N) is 2. The molecule has 0 spiro atoms. The molecule has 1 aromatic heterocycles. The van der Waals surface area contributed by atoms with Gasteiger partial charge < -0.3 is 25.0 Å². The van der Waals surface area contributed by atoms with Crippen molar-refractivity contribution in [2.75, 3.05) is 37.5 Å². The van der Waals surface area contributed by atoms with Crippen molar-refractivity contribution in [3.8, 4) is 11.5 Å². The molecule has 1 aliphatic carbocycles. The first-order valence-electron chi connectivity index (χ1n) is 13.2. The molecule has 7 nitrogen and oxygen atoms in total. The third-order valence-electron chi connectivity index (χ3n) is 7.33. The minimum Gasteiger partial charge on any atom is -0.497 e. The Morgan fingerprint density at radius 1 is 1.10 bits per heavy atom. The van der Waals surface area contributed by atoms with E-state index in [0.29, 0.717) is 30.0 Å². The van der Waals surface area contributed by atoms with E-state index in [1.807, 2.05) is 58.8 Å². The van der Waals surface area contributed by atoms with Gasteiger partial charge in [-0.1, -0.05) is 32.0 Å². The third-order valence-corrected chi connectivity index (χ3v) is 8.26. The normalized spacial score (nSPS) is 18.0. The number of carbonyl (C=O) groups excluding carboxylic acids is 2. The maximum atomic E-state index is 13.9. The first-order chi connectivity index (χ1) is 18.8. The van der Waals surface area contributed by atoms with Crippen LogP contribution >= 0.6 is 11.3 Å². The number of thiophene rings is 1. The highest BCUT2D eigenvalue weighted by atomic mass is 32.1. The monoisotopic (exact) mass is 545 g/mol. The van der Waals surface area contributed by atoms with Crippen molar-refractivity contribution < 1.29 is 19.1 Å². The summed E-state index contributed by atoms with van der Waals surface area (Å²) in [5, 5.41) is 8.72. The number of nitrogens with zero attached hydrogens (tertiary/aromatic N) is 1. The van der Waals surface area contributed by atoms with Crippen molar-refractivity contribution in [1.82, 2.24) is 5.32 Å². The summed E-state index contributed by atoms with van der Waals surface area (Å²) >= 11 is 1.68. The number of methoxy groups -OCH3 is 2. The molecule has 5 rings (SSSR count). The molecular weight excluding hydrogens is 510 g/mol. The fourth-order valence-electron chi connectivity index (χ4n) is 5.59. The maximum Gasteiger partial charge on any atom is 0.239 e. The number of allylic oxidation sites excluding steroid dienone is 1. The topological polar surface area (TPSA) is 79.9 Å². The summed E-state index contributed by atoms with van der Waals surface area (Å²) < 4.78 is 11.3. The molecular formula is C31H35N3O4S.